The Bertz CT molecular complexity index is 1080. The molecule has 2 aromatic carbocycles. The molecule has 0 radical (unpaired) electrons. The molecule has 1 aliphatic carbocycles. The number of nitriles is 1. The van der Waals surface area contributed by atoms with Crippen molar-refractivity contribution in [3.05, 3.63) is 64.2 Å². The number of nitrogens with zero attached hydrogens (tertiary/aromatic N) is 2. The smallest absolute Gasteiger partial charge is 0.324 e. The van der Waals surface area contributed by atoms with E-state index < -0.39 is 29.9 Å². The van der Waals surface area contributed by atoms with Crippen LogP contribution in [0.25, 0.3) is 0 Å². The molecule has 0 aromatic heterocycles. The van der Waals surface area contributed by atoms with Gasteiger partial charge in [0.2, 0.25) is 5.91 Å². The van der Waals surface area contributed by atoms with E-state index in [1.807, 2.05) is 30.3 Å². The number of amides is 4. The molecule has 2 aliphatic rings. The number of nitrogens with one attached hydrogen (secondary N) is 2. The van der Waals surface area contributed by atoms with Crippen LogP contribution < -0.4 is 10.6 Å². The number of benzene rings is 2. The first-order valence-corrected chi connectivity index (χ1v) is 9.54. The van der Waals surface area contributed by atoms with Crippen molar-refractivity contribution in [3.8, 4) is 6.07 Å². The summed E-state index contributed by atoms with van der Waals surface area (Å²) >= 11 is 5.97. The molecule has 1 heterocycles. The highest BCUT2D eigenvalue weighted by atomic mass is 35.5. The Kier molecular flexibility index (Phi) is 4.73. The van der Waals surface area contributed by atoms with Gasteiger partial charge in [-0.15, -0.1) is 0 Å². The maximum absolute atomic E-state index is 13.2. The molecule has 1 fully saturated rings. The van der Waals surface area contributed by atoms with Gasteiger partial charge >= 0.3 is 6.03 Å². The van der Waals surface area contributed by atoms with Crippen molar-refractivity contribution in [2.24, 2.45) is 0 Å². The van der Waals surface area contributed by atoms with E-state index in [-0.39, 0.29) is 10.6 Å². The number of anilines is 1. The second-order valence-corrected chi connectivity index (χ2v) is 7.50. The predicted molar refractivity (Wildman–Crippen MR) is 106 cm³/mol. The number of hydrogen-bond donors (Lipinski definition) is 2. The Morgan fingerprint density at radius 1 is 1.28 bits per heavy atom. The van der Waals surface area contributed by atoms with Gasteiger partial charge in [-0.25, -0.2) is 4.79 Å². The van der Waals surface area contributed by atoms with Crippen molar-refractivity contribution in [2.75, 3.05) is 11.9 Å². The van der Waals surface area contributed by atoms with E-state index in [4.69, 9.17) is 16.9 Å². The third kappa shape index (κ3) is 3.22. The first-order valence-electron chi connectivity index (χ1n) is 9.16. The molecule has 1 atom stereocenters. The quantitative estimate of drug-likeness (QED) is 0.762. The van der Waals surface area contributed by atoms with E-state index in [2.05, 4.69) is 10.6 Å². The zero-order valence-electron chi connectivity index (χ0n) is 15.4. The summed E-state index contributed by atoms with van der Waals surface area (Å²) in [6, 6.07) is 13.4. The average molecular weight is 409 g/mol. The van der Waals surface area contributed by atoms with E-state index >= 15 is 0 Å². The van der Waals surface area contributed by atoms with Crippen molar-refractivity contribution >= 4 is 35.1 Å². The number of rotatable bonds is 3. The lowest BCUT2D eigenvalue weighted by atomic mass is 9.76. The fraction of sp³-hybridized carbons (Fsp3) is 0.238. The third-order valence-electron chi connectivity index (χ3n) is 5.33. The van der Waals surface area contributed by atoms with Crippen LogP contribution in [0.15, 0.2) is 42.5 Å². The van der Waals surface area contributed by atoms with Crippen LogP contribution in [-0.2, 0) is 21.5 Å². The monoisotopic (exact) mass is 408 g/mol. The van der Waals surface area contributed by atoms with E-state index in [1.165, 1.54) is 18.2 Å². The molecular weight excluding hydrogens is 392 g/mol. The summed E-state index contributed by atoms with van der Waals surface area (Å²) in [5, 5.41) is 14.6. The SMILES string of the molecule is N#Cc1ccc(NC(=O)CN2C(=O)N[C@]3(CCCc4ccccc43)C2=O)cc1Cl. The Labute approximate surface area is 172 Å². The second kappa shape index (κ2) is 7.22. The minimum atomic E-state index is -1.11. The average Bonchev–Trinajstić information content (AvgIpc) is 2.93. The normalized spacial score (nSPS) is 20.2. The lowest BCUT2D eigenvalue weighted by Crippen LogP contribution is -2.47. The summed E-state index contributed by atoms with van der Waals surface area (Å²) in [5.41, 5.74) is 1.39. The minimum Gasteiger partial charge on any atom is -0.324 e. The number of imide groups is 1. The van der Waals surface area contributed by atoms with Gasteiger partial charge in [0, 0.05) is 5.69 Å². The van der Waals surface area contributed by atoms with Crippen LogP contribution in [0.5, 0.6) is 0 Å². The fourth-order valence-corrected chi connectivity index (χ4v) is 4.21. The van der Waals surface area contributed by atoms with Gasteiger partial charge in [-0.1, -0.05) is 35.9 Å². The number of fused-ring (bicyclic) bond motifs is 2. The summed E-state index contributed by atoms with van der Waals surface area (Å²) in [6.45, 7) is -0.411. The molecule has 0 bridgehead atoms. The topological polar surface area (TPSA) is 102 Å². The van der Waals surface area contributed by atoms with Gasteiger partial charge in [-0.05, 0) is 48.6 Å². The first-order chi connectivity index (χ1) is 13.9. The zero-order chi connectivity index (χ0) is 20.6. The van der Waals surface area contributed by atoms with Crippen molar-refractivity contribution in [1.29, 1.82) is 5.26 Å². The van der Waals surface area contributed by atoms with E-state index in [1.54, 1.807) is 0 Å². The highest BCUT2D eigenvalue weighted by molar-refractivity contribution is 6.32. The number of carbonyl (C=O) groups is 3. The van der Waals surface area contributed by atoms with E-state index in [0.717, 1.165) is 28.9 Å². The lowest BCUT2D eigenvalue weighted by Gasteiger charge is -2.33. The summed E-state index contributed by atoms with van der Waals surface area (Å²) < 4.78 is 0. The van der Waals surface area contributed by atoms with Crippen LogP contribution >= 0.6 is 11.6 Å². The molecule has 0 unspecified atom stereocenters. The highest BCUT2D eigenvalue weighted by Gasteiger charge is 2.54. The maximum Gasteiger partial charge on any atom is 0.325 e. The summed E-state index contributed by atoms with van der Waals surface area (Å²) in [4.78, 5) is 39.1. The van der Waals surface area contributed by atoms with Crippen LogP contribution in [0.4, 0.5) is 10.5 Å². The van der Waals surface area contributed by atoms with Gasteiger partial charge < -0.3 is 10.6 Å². The molecule has 1 aliphatic heterocycles. The summed E-state index contributed by atoms with van der Waals surface area (Å²) in [5.74, 6) is -0.946. The zero-order valence-corrected chi connectivity index (χ0v) is 16.1. The van der Waals surface area contributed by atoms with Crippen molar-refractivity contribution < 1.29 is 14.4 Å². The predicted octanol–water partition coefficient (Wildman–Crippen LogP) is 2.93. The molecule has 4 rings (SSSR count). The van der Waals surface area contributed by atoms with Crippen LogP contribution in [-0.4, -0.2) is 29.3 Å². The first kappa shape index (κ1) is 19.0. The summed E-state index contributed by atoms with van der Waals surface area (Å²) in [7, 11) is 0. The van der Waals surface area contributed by atoms with Crippen molar-refractivity contribution in [2.45, 2.75) is 24.8 Å². The molecule has 2 aromatic rings. The molecule has 146 valence electrons. The molecule has 2 N–H and O–H groups in total. The Morgan fingerprint density at radius 3 is 2.83 bits per heavy atom. The molecular formula is C21H17ClN4O3. The van der Waals surface area contributed by atoms with Gasteiger partial charge in [-0.3, -0.25) is 14.5 Å². The molecule has 0 saturated carbocycles. The van der Waals surface area contributed by atoms with Gasteiger partial charge in [-0.2, -0.15) is 5.26 Å². The molecule has 1 spiro atoms. The molecule has 7 nitrogen and oxygen atoms in total. The van der Waals surface area contributed by atoms with Crippen LogP contribution in [0, 0.1) is 11.3 Å². The maximum atomic E-state index is 13.2. The number of hydrogen-bond acceptors (Lipinski definition) is 4. The number of urea groups is 1. The van der Waals surface area contributed by atoms with Crippen molar-refractivity contribution in [1.82, 2.24) is 10.2 Å². The number of halogens is 1. The van der Waals surface area contributed by atoms with Crippen LogP contribution in [0.3, 0.4) is 0 Å². The van der Waals surface area contributed by atoms with Gasteiger partial charge in [0.25, 0.3) is 5.91 Å². The van der Waals surface area contributed by atoms with Crippen LogP contribution in [0.1, 0.15) is 29.5 Å². The van der Waals surface area contributed by atoms with E-state index in [0.29, 0.717) is 12.1 Å². The largest absolute Gasteiger partial charge is 0.325 e. The standard InChI is InChI=1S/C21H17ClN4O3/c22-17-10-15(8-7-14(17)11-23)24-18(27)12-26-19(28)21(25-20(26)29)9-3-5-13-4-1-2-6-16(13)21/h1-2,4,6-8,10H,3,5,9,12H2,(H,24,27)(H,25,29)/t21-/m0/s1. The summed E-state index contributed by atoms with van der Waals surface area (Å²) in [6.07, 6.45) is 2.12. The Hall–Kier alpha value is -3.37. The molecule has 29 heavy (non-hydrogen) atoms. The van der Waals surface area contributed by atoms with Gasteiger partial charge in [0.15, 0.2) is 0 Å². The third-order valence-corrected chi connectivity index (χ3v) is 5.64. The highest BCUT2D eigenvalue weighted by Crippen LogP contribution is 2.39. The van der Waals surface area contributed by atoms with Gasteiger partial charge in [0.1, 0.15) is 18.2 Å². The number of carbonyl (C=O) groups excluding carboxylic acids is 3. The minimum absolute atomic E-state index is 0.207. The second-order valence-electron chi connectivity index (χ2n) is 7.09. The van der Waals surface area contributed by atoms with E-state index in [9.17, 15) is 14.4 Å². The Morgan fingerprint density at radius 2 is 2.07 bits per heavy atom. The van der Waals surface area contributed by atoms with Crippen LogP contribution in [0.2, 0.25) is 5.02 Å². The number of aryl methyl sites for hydroxylation is 1. The Balaban J connectivity index is 1.53. The molecule has 1 saturated heterocycles. The molecule has 8 heteroatoms. The van der Waals surface area contributed by atoms with Gasteiger partial charge in [0.05, 0.1) is 10.6 Å². The lowest BCUT2D eigenvalue weighted by molar-refractivity contribution is -0.134. The fourth-order valence-electron chi connectivity index (χ4n) is 3.98. The molecule has 4 amide bonds. The van der Waals surface area contributed by atoms with Crippen molar-refractivity contribution in [3.63, 3.8) is 0 Å².